The molecule has 9 nitrogen and oxygen atoms in total. The molecule has 0 aromatic heterocycles. The summed E-state index contributed by atoms with van der Waals surface area (Å²) in [4.78, 5) is 36.9. The lowest BCUT2D eigenvalue weighted by atomic mass is 9.98. The van der Waals surface area contributed by atoms with Crippen LogP contribution in [0.3, 0.4) is 0 Å². The highest BCUT2D eigenvalue weighted by Crippen LogP contribution is 2.07. The minimum Gasteiger partial charge on any atom is -0.396 e. The van der Waals surface area contributed by atoms with Crippen LogP contribution in [-0.4, -0.2) is 74.4 Å². The Morgan fingerprint density at radius 3 is 2.39 bits per heavy atom. The van der Waals surface area contributed by atoms with Crippen LogP contribution in [0.1, 0.15) is 25.8 Å². The number of hydrogen-bond donors (Lipinski definition) is 4. The summed E-state index contributed by atoms with van der Waals surface area (Å²) < 4.78 is 10.4. The minimum absolute atomic E-state index is 0.192. The number of nitrogens with one attached hydrogen (secondary N) is 2. The second kappa shape index (κ2) is 15.5. The van der Waals surface area contributed by atoms with Crippen molar-refractivity contribution in [3.05, 3.63) is 35.9 Å². The Hall–Kier alpha value is -2.33. The van der Waals surface area contributed by atoms with Crippen molar-refractivity contribution >= 4 is 17.6 Å². The quantitative estimate of drug-likeness (QED) is 0.263. The van der Waals surface area contributed by atoms with Crippen molar-refractivity contribution < 1.29 is 29.0 Å². The molecule has 0 aliphatic heterocycles. The molecule has 0 fully saturated rings. The van der Waals surface area contributed by atoms with E-state index in [1.54, 1.807) is 0 Å². The van der Waals surface area contributed by atoms with Crippen molar-refractivity contribution in [3.63, 3.8) is 0 Å². The van der Waals surface area contributed by atoms with Crippen molar-refractivity contribution in [1.29, 1.82) is 0 Å². The number of ether oxygens (including phenoxy) is 2. The molecule has 31 heavy (non-hydrogen) atoms. The second-order valence-corrected chi connectivity index (χ2v) is 7.18. The lowest BCUT2D eigenvalue weighted by Crippen LogP contribution is -2.48. The summed E-state index contributed by atoms with van der Waals surface area (Å²) in [5.74, 6) is -2.14. The molecule has 1 aromatic carbocycles. The number of nitrogens with two attached hydrogens (primary N) is 1. The molecule has 0 aliphatic rings. The Morgan fingerprint density at radius 2 is 1.74 bits per heavy atom. The highest BCUT2D eigenvalue weighted by Gasteiger charge is 2.26. The van der Waals surface area contributed by atoms with Crippen molar-refractivity contribution in [2.75, 3.05) is 39.6 Å². The number of rotatable bonds is 16. The molecule has 1 aromatic rings. The van der Waals surface area contributed by atoms with Gasteiger partial charge in [0.15, 0.2) is 5.78 Å². The number of aliphatic hydroxyl groups excluding tert-OH is 1. The summed E-state index contributed by atoms with van der Waals surface area (Å²) in [6, 6.07) is 7.72. The second-order valence-electron chi connectivity index (χ2n) is 7.18. The first-order valence-corrected chi connectivity index (χ1v) is 10.6. The van der Waals surface area contributed by atoms with Gasteiger partial charge in [0.1, 0.15) is 0 Å². The standard InChI is InChI=1S/C22H35N3O6/c1-3-30-11-12-31-10-9-24-21(28)18(15-26)14-20(27)16(2)25-22(29)19(23)13-17-7-5-4-6-8-17/h4-8,16,18-19,26H,3,9-15,23H2,1-2H3,(H,24,28)(H,25,29)/t16-,18+,19+/m1/s1. The third-order valence-electron chi connectivity index (χ3n) is 4.64. The van der Waals surface area contributed by atoms with Crippen LogP contribution < -0.4 is 16.4 Å². The maximum absolute atomic E-state index is 12.4. The van der Waals surface area contributed by atoms with Gasteiger partial charge in [-0.15, -0.1) is 0 Å². The van der Waals surface area contributed by atoms with E-state index in [0.29, 0.717) is 32.8 Å². The van der Waals surface area contributed by atoms with Gasteiger partial charge in [0.05, 0.1) is 44.4 Å². The molecule has 0 saturated carbocycles. The first kappa shape index (κ1) is 26.7. The molecular formula is C22H35N3O6. The van der Waals surface area contributed by atoms with Crippen molar-refractivity contribution in [3.8, 4) is 0 Å². The van der Waals surface area contributed by atoms with Crippen molar-refractivity contribution in [2.24, 2.45) is 11.7 Å². The molecule has 0 saturated heterocycles. The van der Waals surface area contributed by atoms with E-state index in [0.717, 1.165) is 5.56 Å². The van der Waals surface area contributed by atoms with Gasteiger partial charge in [-0.2, -0.15) is 0 Å². The van der Waals surface area contributed by atoms with E-state index in [4.69, 9.17) is 15.2 Å². The van der Waals surface area contributed by atoms with Crippen LogP contribution >= 0.6 is 0 Å². The lowest BCUT2D eigenvalue weighted by molar-refractivity contribution is -0.132. The Balaban J connectivity index is 2.37. The predicted molar refractivity (Wildman–Crippen MR) is 116 cm³/mol. The van der Waals surface area contributed by atoms with E-state index in [1.165, 1.54) is 6.92 Å². The van der Waals surface area contributed by atoms with Gasteiger partial charge in [-0.05, 0) is 25.8 Å². The van der Waals surface area contributed by atoms with Crippen LogP contribution in [0, 0.1) is 5.92 Å². The summed E-state index contributed by atoms with van der Waals surface area (Å²) in [6.45, 7) is 5.04. The van der Waals surface area contributed by atoms with Gasteiger partial charge in [0.25, 0.3) is 0 Å². The summed E-state index contributed by atoms with van der Waals surface area (Å²) in [6.07, 6.45) is 0.158. The fourth-order valence-electron chi connectivity index (χ4n) is 2.78. The Kier molecular flexibility index (Phi) is 13.3. The van der Waals surface area contributed by atoms with Crippen LogP contribution in [0.4, 0.5) is 0 Å². The van der Waals surface area contributed by atoms with Crippen LogP contribution in [0.15, 0.2) is 30.3 Å². The Morgan fingerprint density at radius 1 is 1.06 bits per heavy atom. The zero-order valence-corrected chi connectivity index (χ0v) is 18.3. The predicted octanol–water partition coefficient (Wildman–Crippen LogP) is -0.202. The highest BCUT2D eigenvalue weighted by molar-refractivity contribution is 5.93. The molecule has 0 bridgehead atoms. The molecule has 174 valence electrons. The summed E-state index contributed by atoms with van der Waals surface area (Å²) in [5.41, 5.74) is 6.85. The largest absolute Gasteiger partial charge is 0.396 e. The van der Waals surface area contributed by atoms with Gasteiger partial charge in [-0.1, -0.05) is 30.3 Å². The SMILES string of the molecule is CCOCCOCCNC(=O)[C@H](CO)CC(=O)[C@@H](C)NC(=O)[C@@H](N)Cc1ccccc1. The summed E-state index contributed by atoms with van der Waals surface area (Å²) >= 11 is 0. The lowest BCUT2D eigenvalue weighted by Gasteiger charge is -2.19. The molecule has 0 unspecified atom stereocenters. The molecule has 0 aliphatic carbocycles. The number of amides is 2. The molecule has 0 heterocycles. The summed E-state index contributed by atoms with van der Waals surface area (Å²) in [7, 11) is 0. The van der Waals surface area contributed by atoms with Gasteiger partial charge in [0, 0.05) is 19.6 Å². The maximum Gasteiger partial charge on any atom is 0.237 e. The van der Waals surface area contributed by atoms with Crippen molar-refractivity contribution in [2.45, 2.75) is 38.8 Å². The number of ketones is 1. The number of benzene rings is 1. The molecule has 9 heteroatoms. The van der Waals surface area contributed by atoms with E-state index in [-0.39, 0.29) is 18.7 Å². The fraction of sp³-hybridized carbons (Fsp3) is 0.591. The molecular weight excluding hydrogens is 402 g/mol. The monoisotopic (exact) mass is 437 g/mol. The topological polar surface area (TPSA) is 140 Å². The van der Waals surface area contributed by atoms with Gasteiger partial charge < -0.3 is 30.9 Å². The van der Waals surface area contributed by atoms with Gasteiger partial charge in [0.2, 0.25) is 11.8 Å². The summed E-state index contributed by atoms with van der Waals surface area (Å²) in [5, 5.41) is 14.7. The van der Waals surface area contributed by atoms with Gasteiger partial charge >= 0.3 is 0 Å². The molecule has 3 atom stereocenters. The smallest absolute Gasteiger partial charge is 0.237 e. The van der Waals surface area contributed by atoms with E-state index < -0.39 is 36.4 Å². The maximum atomic E-state index is 12.4. The molecule has 2 amide bonds. The van der Waals surface area contributed by atoms with E-state index >= 15 is 0 Å². The first-order chi connectivity index (χ1) is 14.9. The number of carbonyl (C=O) groups is 3. The third kappa shape index (κ3) is 11.0. The Bertz CT molecular complexity index is 670. The van der Waals surface area contributed by atoms with E-state index in [9.17, 15) is 19.5 Å². The highest BCUT2D eigenvalue weighted by atomic mass is 16.5. The van der Waals surface area contributed by atoms with Crippen LogP contribution in [0.25, 0.3) is 0 Å². The van der Waals surface area contributed by atoms with Crippen LogP contribution in [0.2, 0.25) is 0 Å². The normalized spacial score (nSPS) is 13.8. The van der Waals surface area contributed by atoms with Crippen molar-refractivity contribution in [1.82, 2.24) is 10.6 Å². The van der Waals surface area contributed by atoms with E-state index in [2.05, 4.69) is 10.6 Å². The van der Waals surface area contributed by atoms with Gasteiger partial charge in [-0.3, -0.25) is 14.4 Å². The molecule has 5 N–H and O–H groups in total. The van der Waals surface area contributed by atoms with Crippen LogP contribution in [-0.2, 0) is 30.3 Å². The zero-order valence-electron chi connectivity index (χ0n) is 18.3. The average Bonchev–Trinajstić information content (AvgIpc) is 2.76. The fourth-order valence-corrected chi connectivity index (χ4v) is 2.78. The first-order valence-electron chi connectivity index (χ1n) is 10.6. The third-order valence-corrected chi connectivity index (χ3v) is 4.64. The molecule has 0 spiro atoms. The number of carbonyl (C=O) groups excluding carboxylic acids is 3. The molecule has 1 rings (SSSR count). The average molecular weight is 438 g/mol. The van der Waals surface area contributed by atoms with Crippen LogP contribution in [0.5, 0.6) is 0 Å². The Labute approximate surface area is 183 Å². The minimum atomic E-state index is -0.895. The van der Waals surface area contributed by atoms with Gasteiger partial charge in [-0.25, -0.2) is 0 Å². The number of hydrogen-bond acceptors (Lipinski definition) is 7. The number of Topliss-reactive ketones (excluding diaryl/α,β-unsaturated/α-hetero) is 1. The molecule has 0 radical (unpaired) electrons. The number of aliphatic hydroxyl groups is 1. The zero-order chi connectivity index (χ0) is 23.1. The van der Waals surface area contributed by atoms with E-state index in [1.807, 2.05) is 37.3 Å².